The van der Waals surface area contributed by atoms with Crippen molar-refractivity contribution in [3.63, 3.8) is 0 Å². The molecule has 11 heteroatoms. The molecule has 0 saturated carbocycles. The molecule has 0 bridgehead atoms. The number of halogens is 1. The second kappa shape index (κ2) is 10.4. The highest BCUT2D eigenvalue weighted by atomic mass is 79.9. The number of fused-ring (bicyclic) bond motifs is 1. The van der Waals surface area contributed by atoms with Gasteiger partial charge in [-0.15, -0.1) is 0 Å². The van der Waals surface area contributed by atoms with E-state index in [4.69, 9.17) is 18.9 Å². The molecule has 2 aliphatic heterocycles. The number of imide groups is 1. The van der Waals surface area contributed by atoms with Gasteiger partial charge < -0.3 is 24.3 Å². The first-order valence-corrected chi connectivity index (χ1v) is 12.0. The van der Waals surface area contributed by atoms with Crippen LogP contribution in [0.25, 0.3) is 6.08 Å². The molecular formula is C23H21BrN2O7S. The molecule has 0 spiro atoms. The van der Waals surface area contributed by atoms with Crippen LogP contribution >= 0.6 is 27.7 Å². The summed E-state index contributed by atoms with van der Waals surface area (Å²) >= 11 is 4.21. The molecule has 2 heterocycles. The van der Waals surface area contributed by atoms with Crippen LogP contribution in [0.4, 0.5) is 10.5 Å². The number of ether oxygens (including phenoxy) is 4. The SMILES string of the molecule is CCOc1c(Br)cc(/C=C2/SC(=O)N(CC(=O)Nc3ccc4c(c3)OCCO4)C2=O)cc1OC. The number of hydrogen-bond acceptors (Lipinski definition) is 8. The minimum absolute atomic E-state index is 0.204. The fourth-order valence-corrected chi connectivity index (χ4v) is 4.77. The molecule has 1 saturated heterocycles. The summed E-state index contributed by atoms with van der Waals surface area (Å²) in [7, 11) is 1.52. The summed E-state index contributed by atoms with van der Waals surface area (Å²) in [6.45, 7) is 2.80. The van der Waals surface area contributed by atoms with Gasteiger partial charge in [-0.05, 0) is 70.5 Å². The van der Waals surface area contributed by atoms with Crippen LogP contribution in [0.3, 0.4) is 0 Å². The first kappa shape index (κ1) is 24.0. The lowest BCUT2D eigenvalue weighted by molar-refractivity contribution is -0.127. The number of anilines is 1. The van der Waals surface area contributed by atoms with Gasteiger partial charge in [0.1, 0.15) is 19.8 Å². The molecular weight excluding hydrogens is 528 g/mol. The molecule has 2 aliphatic rings. The lowest BCUT2D eigenvalue weighted by atomic mass is 10.2. The standard InChI is InChI=1S/C23H21BrN2O7S/c1-3-31-21-15(24)8-13(9-18(21)30-2)10-19-22(28)26(23(29)34-19)12-20(27)25-14-4-5-16-17(11-14)33-7-6-32-16/h4-5,8-11H,3,6-7,12H2,1-2H3,(H,25,27)/b19-10+. The van der Waals surface area contributed by atoms with Gasteiger partial charge in [-0.1, -0.05) is 0 Å². The van der Waals surface area contributed by atoms with Crippen LogP contribution in [-0.2, 0) is 9.59 Å². The van der Waals surface area contributed by atoms with Crippen molar-refractivity contribution in [1.29, 1.82) is 0 Å². The summed E-state index contributed by atoms with van der Waals surface area (Å²) < 4.78 is 22.6. The summed E-state index contributed by atoms with van der Waals surface area (Å²) in [5, 5.41) is 2.16. The number of hydrogen-bond donors (Lipinski definition) is 1. The summed E-state index contributed by atoms with van der Waals surface area (Å²) in [6.07, 6.45) is 1.58. The Morgan fingerprint density at radius 2 is 1.97 bits per heavy atom. The lowest BCUT2D eigenvalue weighted by Crippen LogP contribution is -2.36. The van der Waals surface area contributed by atoms with E-state index in [1.807, 2.05) is 6.92 Å². The number of thioether (sulfide) groups is 1. The van der Waals surface area contributed by atoms with Crippen molar-refractivity contribution in [2.45, 2.75) is 6.92 Å². The van der Waals surface area contributed by atoms with Crippen LogP contribution in [0.2, 0.25) is 0 Å². The normalized spacial score (nSPS) is 16.1. The molecule has 2 aromatic rings. The molecule has 1 N–H and O–H groups in total. The summed E-state index contributed by atoms with van der Waals surface area (Å²) in [5.74, 6) is 1.10. The zero-order chi connectivity index (χ0) is 24.2. The van der Waals surface area contributed by atoms with Gasteiger partial charge in [-0.2, -0.15) is 0 Å². The van der Waals surface area contributed by atoms with Crippen LogP contribution in [0.5, 0.6) is 23.0 Å². The molecule has 4 rings (SSSR count). The van der Waals surface area contributed by atoms with E-state index in [1.165, 1.54) is 7.11 Å². The van der Waals surface area contributed by atoms with E-state index in [2.05, 4.69) is 21.2 Å². The van der Waals surface area contributed by atoms with E-state index in [1.54, 1.807) is 36.4 Å². The predicted octanol–water partition coefficient (Wildman–Crippen LogP) is 4.30. The van der Waals surface area contributed by atoms with E-state index in [0.29, 0.717) is 58.5 Å². The minimum Gasteiger partial charge on any atom is -0.493 e. The Balaban J connectivity index is 1.46. The fourth-order valence-electron chi connectivity index (χ4n) is 3.36. The van der Waals surface area contributed by atoms with Crippen LogP contribution < -0.4 is 24.3 Å². The number of carbonyl (C=O) groups is 3. The summed E-state index contributed by atoms with van der Waals surface area (Å²) in [6, 6.07) is 8.46. The van der Waals surface area contributed by atoms with Crippen molar-refractivity contribution < 1.29 is 33.3 Å². The third-order valence-electron chi connectivity index (χ3n) is 4.84. The lowest BCUT2D eigenvalue weighted by Gasteiger charge is -2.19. The largest absolute Gasteiger partial charge is 0.493 e. The Hall–Kier alpha value is -3.18. The third-order valence-corrected chi connectivity index (χ3v) is 6.34. The monoisotopic (exact) mass is 548 g/mol. The number of benzene rings is 2. The molecule has 0 atom stereocenters. The van der Waals surface area contributed by atoms with Crippen molar-refractivity contribution in [3.8, 4) is 23.0 Å². The predicted molar refractivity (Wildman–Crippen MR) is 131 cm³/mol. The Bertz CT molecular complexity index is 1180. The second-order valence-corrected chi connectivity index (χ2v) is 8.99. The van der Waals surface area contributed by atoms with Crippen molar-refractivity contribution >= 4 is 56.5 Å². The summed E-state index contributed by atoms with van der Waals surface area (Å²) in [4.78, 5) is 38.9. The maximum Gasteiger partial charge on any atom is 0.294 e. The van der Waals surface area contributed by atoms with Gasteiger partial charge in [0.15, 0.2) is 23.0 Å². The topological polar surface area (TPSA) is 103 Å². The highest BCUT2D eigenvalue weighted by Gasteiger charge is 2.36. The van der Waals surface area contributed by atoms with Crippen LogP contribution in [0.15, 0.2) is 39.7 Å². The number of carbonyl (C=O) groups excluding carboxylic acids is 3. The van der Waals surface area contributed by atoms with Crippen LogP contribution in [-0.4, -0.2) is 55.4 Å². The van der Waals surface area contributed by atoms with Gasteiger partial charge in [0, 0.05) is 11.8 Å². The average molecular weight is 549 g/mol. The number of methoxy groups -OCH3 is 1. The Labute approximate surface area is 208 Å². The van der Waals surface area contributed by atoms with Crippen LogP contribution in [0.1, 0.15) is 12.5 Å². The molecule has 0 aromatic heterocycles. The molecule has 9 nitrogen and oxygen atoms in total. The smallest absolute Gasteiger partial charge is 0.294 e. The number of amides is 3. The van der Waals surface area contributed by atoms with E-state index < -0.39 is 23.6 Å². The first-order valence-electron chi connectivity index (χ1n) is 10.3. The van der Waals surface area contributed by atoms with Gasteiger partial charge in [-0.3, -0.25) is 19.3 Å². The van der Waals surface area contributed by atoms with Crippen molar-refractivity contribution in [1.82, 2.24) is 4.90 Å². The van der Waals surface area contributed by atoms with E-state index in [-0.39, 0.29) is 4.91 Å². The van der Waals surface area contributed by atoms with E-state index in [9.17, 15) is 14.4 Å². The van der Waals surface area contributed by atoms with Gasteiger partial charge in [-0.25, -0.2) is 0 Å². The Kier molecular flexibility index (Phi) is 7.32. The molecule has 3 amide bonds. The fraction of sp³-hybridized carbons (Fsp3) is 0.261. The van der Waals surface area contributed by atoms with Crippen molar-refractivity contribution in [3.05, 3.63) is 45.3 Å². The Morgan fingerprint density at radius 1 is 1.21 bits per heavy atom. The number of nitrogens with one attached hydrogen (secondary N) is 1. The van der Waals surface area contributed by atoms with Gasteiger partial charge >= 0.3 is 0 Å². The highest BCUT2D eigenvalue weighted by molar-refractivity contribution is 9.10. The molecule has 178 valence electrons. The highest BCUT2D eigenvalue weighted by Crippen LogP contribution is 2.39. The van der Waals surface area contributed by atoms with Gasteiger partial charge in [0.05, 0.1) is 23.1 Å². The van der Waals surface area contributed by atoms with E-state index >= 15 is 0 Å². The molecule has 1 fully saturated rings. The number of nitrogens with zero attached hydrogens (tertiary/aromatic N) is 1. The van der Waals surface area contributed by atoms with Crippen molar-refractivity contribution in [2.75, 3.05) is 38.8 Å². The molecule has 0 aliphatic carbocycles. The summed E-state index contributed by atoms with van der Waals surface area (Å²) in [5.41, 5.74) is 1.11. The zero-order valence-corrected chi connectivity index (χ0v) is 20.8. The molecule has 2 aromatic carbocycles. The average Bonchev–Trinajstić information content (AvgIpc) is 3.07. The van der Waals surface area contributed by atoms with Crippen molar-refractivity contribution in [2.24, 2.45) is 0 Å². The van der Waals surface area contributed by atoms with Crippen LogP contribution in [0, 0.1) is 0 Å². The maximum absolute atomic E-state index is 12.8. The van der Waals surface area contributed by atoms with Gasteiger partial charge in [0.25, 0.3) is 11.1 Å². The maximum atomic E-state index is 12.8. The molecule has 34 heavy (non-hydrogen) atoms. The molecule has 0 unspecified atom stereocenters. The minimum atomic E-state index is -0.545. The third kappa shape index (κ3) is 5.15. The number of rotatable bonds is 7. The van der Waals surface area contributed by atoms with E-state index in [0.717, 1.165) is 16.7 Å². The first-order chi connectivity index (χ1) is 16.4. The van der Waals surface area contributed by atoms with Gasteiger partial charge in [0.2, 0.25) is 5.91 Å². The second-order valence-electron chi connectivity index (χ2n) is 7.14. The Morgan fingerprint density at radius 3 is 2.71 bits per heavy atom. The quantitative estimate of drug-likeness (QED) is 0.510. The zero-order valence-electron chi connectivity index (χ0n) is 18.4. The molecule has 0 radical (unpaired) electrons.